The van der Waals surface area contributed by atoms with E-state index in [0.717, 1.165) is 0 Å². The van der Waals surface area contributed by atoms with Gasteiger partial charge in [0.2, 0.25) is 10.0 Å². The van der Waals surface area contributed by atoms with E-state index < -0.39 is 10.0 Å². The van der Waals surface area contributed by atoms with E-state index in [0.29, 0.717) is 31.7 Å². The minimum atomic E-state index is -3.45. The Balaban J connectivity index is 2.34. The molecule has 6 heteroatoms. The Morgan fingerprint density at radius 2 is 2.00 bits per heavy atom. The van der Waals surface area contributed by atoms with Crippen LogP contribution in [0.3, 0.4) is 0 Å². The van der Waals surface area contributed by atoms with Crippen LogP contribution in [0.1, 0.15) is 5.56 Å². The molecule has 0 amide bonds. The molecule has 0 spiro atoms. The van der Waals surface area contributed by atoms with Crippen molar-refractivity contribution < 1.29 is 8.42 Å². The zero-order valence-electron chi connectivity index (χ0n) is 9.26. The number of hydrogen-bond donors (Lipinski definition) is 1. The smallest absolute Gasteiger partial charge is 0.243 e. The van der Waals surface area contributed by atoms with Crippen LogP contribution in [0.4, 0.5) is 0 Å². The lowest BCUT2D eigenvalue weighted by molar-refractivity contribution is 0.360. The summed E-state index contributed by atoms with van der Waals surface area (Å²) >= 11 is 0. The summed E-state index contributed by atoms with van der Waals surface area (Å²) in [5.74, 6) is 0. The second-order valence-corrected chi connectivity index (χ2v) is 5.73. The number of piperazine rings is 1. The first-order valence-corrected chi connectivity index (χ1v) is 6.79. The predicted octanol–water partition coefficient (Wildman–Crippen LogP) is 0.152. The molecule has 2 rings (SSSR count). The van der Waals surface area contributed by atoms with Crippen molar-refractivity contribution in [2.45, 2.75) is 4.90 Å². The van der Waals surface area contributed by atoms with Crippen LogP contribution in [0.2, 0.25) is 0 Å². The average molecular weight is 251 g/mol. The molecule has 1 fully saturated rings. The number of rotatable bonds is 2. The third kappa shape index (κ3) is 2.47. The van der Waals surface area contributed by atoms with Crippen molar-refractivity contribution in [2.24, 2.45) is 0 Å². The number of hydrogen-bond acceptors (Lipinski definition) is 4. The first kappa shape index (κ1) is 12.0. The molecule has 0 aliphatic carbocycles. The van der Waals surface area contributed by atoms with Crippen molar-refractivity contribution in [3.63, 3.8) is 0 Å². The molecule has 0 saturated carbocycles. The average Bonchev–Trinajstić information content (AvgIpc) is 2.40. The molecule has 0 radical (unpaired) electrons. The van der Waals surface area contributed by atoms with Crippen molar-refractivity contribution in [3.8, 4) is 6.07 Å². The number of nitriles is 1. The van der Waals surface area contributed by atoms with Crippen LogP contribution in [-0.2, 0) is 10.0 Å². The molecule has 90 valence electrons. The lowest BCUT2D eigenvalue weighted by Crippen LogP contribution is -2.46. The molecule has 1 aromatic rings. The zero-order chi connectivity index (χ0) is 12.3. The summed E-state index contributed by atoms with van der Waals surface area (Å²) in [7, 11) is -3.45. The molecule has 1 saturated heterocycles. The second-order valence-electron chi connectivity index (χ2n) is 3.79. The van der Waals surface area contributed by atoms with Gasteiger partial charge >= 0.3 is 0 Å². The number of nitrogens with one attached hydrogen (secondary N) is 1. The maximum Gasteiger partial charge on any atom is 0.243 e. The highest BCUT2D eigenvalue weighted by atomic mass is 32.2. The van der Waals surface area contributed by atoms with Crippen LogP contribution in [-0.4, -0.2) is 38.9 Å². The van der Waals surface area contributed by atoms with Crippen LogP contribution < -0.4 is 5.32 Å². The largest absolute Gasteiger partial charge is 0.314 e. The van der Waals surface area contributed by atoms with Gasteiger partial charge in [-0.1, -0.05) is 6.07 Å². The van der Waals surface area contributed by atoms with Gasteiger partial charge in [-0.25, -0.2) is 8.42 Å². The molecule has 1 N–H and O–H groups in total. The highest BCUT2D eigenvalue weighted by Gasteiger charge is 2.25. The first-order chi connectivity index (χ1) is 8.14. The van der Waals surface area contributed by atoms with Gasteiger partial charge < -0.3 is 5.32 Å². The van der Waals surface area contributed by atoms with Gasteiger partial charge in [0, 0.05) is 26.2 Å². The van der Waals surface area contributed by atoms with E-state index in [2.05, 4.69) is 5.32 Å². The van der Waals surface area contributed by atoms with Crippen molar-refractivity contribution in [1.29, 1.82) is 5.26 Å². The van der Waals surface area contributed by atoms with Gasteiger partial charge in [-0.3, -0.25) is 0 Å². The third-order valence-corrected chi connectivity index (χ3v) is 4.57. The fraction of sp³-hybridized carbons (Fsp3) is 0.364. The molecule has 1 aliphatic heterocycles. The maximum absolute atomic E-state index is 12.2. The van der Waals surface area contributed by atoms with Crippen LogP contribution in [0.25, 0.3) is 0 Å². The van der Waals surface area contributed by atoms with Gasteiger partial charge in [0.15, 0.2) is 0 Å². The summed E-state index contributed by atoms with van der Waals surface area (Å²) < 4.78 is 25.9. The minimum Gasteiger partial charge on any atom is -0.314 e. The van der Waals surface area contributed by atoms with Crippen molar-refractivity contribution in [1.82, 2.24) is 9.62 Å². The maximum atomic E-state index is 12.2. The van der Waals surface area contributed by atoms with E-state index in [1.165, 1.54) is 16.4 Å². The quantitative estimate of drug-likeness (QED) is 0.812. The Kier molecular flexibility index (Phi) is 3.43. The van der Waals surface area contributed by atoms with Gasteiger partial charge in [-0.15, -0.1) is 0 Å². The molecule has 5 nitrogen and oxygen atoms in total. The summed E-state index contributed by atoms with van der Waals surface area (Å²) in [6.07, 6.45) is 0. The normalized spacial score (nSPS) is 17.6. The molecule has 0 atom stereocenters. The van der Waals surface area contributed by atoms with E-state index in [1.807, 2.05) is 6.07 Å². The topological polar surface area (TPSA) is 73.2 Å². The SMILES string of the molecule is N#Cc1cccc(S(=O)(=O)N2CCNCC2)c1. The van der Waals surface area contributed by atoms with E-state index in [9.17, 15) is 8.42 Å². The molecule has 1 aromatic carbocycles. The Hall–Kier alpha value is -1.42. The molecule has 0 aromatic heterocycles. The van der Waals surface area contributed by atoms with Crippen molar-refractivity contribution in [2.75, 3.05) is 26.2 Å². The van der Waals surface area contributed by atoms with E-state index in [4.69, 9.17) is 5.26 Å². The minimum absolute atomic E-state index is 0.193. The Labute approximate surface area is 101 Å². The standard InChI is InChI=1S/C11H13N3O2S/c12-9-10-2-1-3-11(8-10)17(15,16)14-6-4-13-5-7-14/h1-3,8,13H,4-7H2. The summed E-state index contributed by atoms with van der Waals surface area (Å²) in [6.45, 7) is 2.27. The van der Waals surface area contributed by atoms with Gasteiger partial charge in [-0.2, -0.15) is 9.57 Å². The second kappa shape index (κ2) is 4.84. The molecule has 0 bridgehead atoms. The lowest BCUT2D eigenvalue weighted by atomic mass is 10.2. The lowest BCUT2D eigenvalue weighted by Gasteiger charge is -2.26. The fourth-order valence-corrected chi connectivity index (χ4v) is 3.25. The van der Waals surface area contributed by atoms with Crippen molar-refractivity contribution >= 4 is 10.0 Å². The fourth-order valence-electron chi connectivity index (χ4n) is 1.76. The molecular formula is C11H13N3O2S. The number of benzene rings is 1. The predicted molar refractivity (Wildman–Crippen MR) is 62.8 cm³/mol. The number of sulfonamides is 1. The van der Waals surface area contributed by atoms with Crippen LogP contribution in [0.5, 0.6) is 0 Å². The van der Waals surface area contributed by atoms with Crippen LogP contribution in [0, 0.1) is 11.3 Å². The highest BCUT2D eigenvalue weighted by Crippen LogP contribution is 2.17. The summed E-state index contributed by atoms with van der Waals surface area (Å²) in [5, 5.41) is 11.9. The summed E-state index contributed by atoms with van der Waals surface area (Å²) in [4.78, 5) is 0.193. The van der Waals surface area contributed by atoms with Crippen molar-refractivity contribution in [3.05, 3.63) is 29.8 Å². The molecule has 17 heavy (non-hydrogen) atoms. The van der Waals surface area contributed by atoms with Crippen LogP contribution >= 0.6 is 0 Å². The van der Waals surface area contributed by atoms with Gasteiger partial charge in [-0.05, 0) is 18.2 Å². The monoisotopic (exact) mass is 251 g/mol. The van der Waals surface area contributed by atoms with Gasteiger partial charge in [0.25, 0.3) is 0 Å². The van der Waals surface area contributed by atoms with E-state index in [1.54, 1.807) is 12.1 Å². The Bertz CT molecular complexity index is 542. The number of nitrogens with zero attached hydrogens (tertiary/aromatic N) is 2. The van der Waals surface area contributed by atoms with E-state index in [-0.39, 0.29) is 4.90 Å². The van der Waals surface area contributed by atoms with Gasteiger partial charge in [0.1, 0.15) is 0 Å². The molecule has 0 unspecified atom stereocenters. The Morgan fingerprint density at radius 1 is 1.29 bits per heavy atom. The summed E-state index contributed by atoms with van der Waals surface area (Å²) in [5.41, 5.74) is 0.362. The first-order valence-electron chi connectivity index (χ1n) is 5.35. The Morgan fingerprint density at radius 3 is 2.65 bits per heavy atom. The third-order valence-electron chi connectivity index (χ3n) is 2.68. The van der Waals surface area contributed by atoms with Gasteiger partial charge in [0.05, 0.1) is 16.5 Å². The zero-order valence-corrected chi connectivity index (χ0v) is 10.1. The molecular weight excluding hydrogens is 238 g/mol. The summed E-state index contributed by atoms with van der Waals surface area (Å²) in [6, 6.07) is 8.07. The highest BCUT2D eigenvalue weighted by molar-refractivity contribution is 7.89. The molecule has 1 aliphatic rings. The van der Waals surface area contributed by atoms with E-state index >= 15 is 0 Å². The molecule has 1 heterocycles. The van der Waals surface area contributed by atoms with Crippen LogP contribution in [0.15, 0.2) is 29.2 Å².